The fourth-order valence-electron chi connectivity index (χ4n) is 12.0. The van der Waals surface area contributed by atoms with E-state index in [1.807, 2.05) is 0 Å². The number of allylic oxidation sites excluding steroid dienone is 16. The predicted octanol–water partition coefficient (Wildman–Crippen LogP) is 25.9. The summed E-state index contributed by atoms with van der Waals surface area (Å²) in [5.41, 5.74) is 0. The van der Waals surface area contributed by atoms with E-state index in [1.165, 1.54) is 148 Å². The predicted molar refractivity (Wildman–Crippen MR) is 446 cm³/mol. The molecule has 5 atom stereocenters. The van der Waals surface area contributed by atoms with E-state index in [0.29, 0.717) is 25.7 Å². The number of carbonyl (C=O) groups is 4. The van der Waals surface area contributed by atoms with Crippen LogP contribution in [0.1, 0.15) is 387 Å². The molecule has 0 aromatic rings. The number of rotatable bonds is 82. The highest BCUT2D eigenvalue weighted by atomic mass is 31.2. The average Bonchev–Trinajstić information content (AvgIpc) is 0.923. The Balaban J connectivity index is 5.37. The van der Waals surface area contributed by atoms with Gasteiger partial charge in [0.05, 0.1) is 26.4 Å². The van der Waals surface area contributed by atoms with Gasteiger partial charge in [-0.2, -0.15) is 0 Å². The Labute approximate surface area is 658 Å². The Morgan fingerprint density at radius 1 is 0.269 bits per heavy atom. The Morgan fingerprint density at radius 3 is 0.769 bits per heavy atom. The molecule has 0 bridgehead atoms. The molecule has 0 radical (unpaired) electrons. The third kappa shape index (κ3) is 80.0. The molecule has 108 heavy (non-hydrogen) atoms. The van der Waals surface area contributed by atoms with Crippen molar-refractivity contribution in [3.8, 4) is 0 Å². The van der Waals surface area contributed by atoms with Crippen LogP contribution in [0, 0.1) is 0 Å². The van der Waals surface area contributed by atoms with Crippen molar-refractivity contribution in [1.82, 2.24) is 0 Å². The first kappa shape index (κ1) is 104. The number of phosphoric acid groups is 2. The number of phosphoric ester groups is 2. The SMILES string of the molecule is CC/C=C\C/C=C\C/C=C\C/C=C\C/C=C\CCCCCC(=O)OCC(COP(=O)(O)OCC(O)COP(=O)(O)OCC(COC(=O)CCCCCCCC/C=C\C/C=C\C/C=C\CCCCC)OC(=O)CCCCCCCCCCCCCCCCC)OC(=O)CCCCCCCCCCCCCCCCC. The monoisotopic (exact) mass is 1560 g/mol. The van der Waals surface area contributed by atoms with Gasteiger partial charge >= 0.3 is 39.5 Å². The number of aliphatic hydroxyl groups excluding tert-OH is 1. The lowest BCUT2D eigenvalue weighted by Gasteiger charge is -2.21. The lowest BCUT2D eigenvalue weighted by atomic mass is 10.0. The summed E-state index contributed by atoms with van der Waals surface area (Å²) < 4.78 is 68.8. The topological polar surface area (TPSA) is 237 Å². The molecule has 0 aromatic heterocycles. The van der Waals surface area contributed by atoms with Gasteiger partial charge in [-0.05, 0) is 109 Å². The van der Waals surface area contributed by atoms with Crippen molar-refractivity contribution in [2.24, 2.45) is 0 Å². The average molecular weight is 1560 g/mol. The molecule has 0 amide bonds. The van der Waals surface area contributed by atoms with E-state index < -0.39 is 97.5 Å². The smallest absolute Gasteiger partial charge is 0.462 e. The molecular weight excluding hydrogens is 1400 g/mol. The zero-order valence-electron chi connectivity index (χ0n) is 68.8. The fourth-order valence-corrected chi connectivity index (χ4v) is 13.5. The highest BCUT2D eigenvalue weighted by Gasteiger charge is 2.30. The summed E-state index contributed by atoms with van der Waals surface area (Å²) in [6.45, 7) is 4.78. The maximum Gasteiger partial charge on any atom is 0.472 e. The van der Waals surface area contributed by atoms with Crippen LogP contribution in [0.4, 0.5) is 0 Å². The van der Waals surface area contributed by atoms with Crippen LogP contribution < -0.4 is 0 Å². The Hall–Kier alpha value is -4.02. The molecule has 19 heteroatoms. The van der Waals surface area contributed by atoms with Gasteiger partial charge in [0.25, 0.3) is 0 Å². The van der Waals surface area contributed by atoms with Gasteiger partial charge < -0.3 is 33.8 Å². The maximum absolute atomic E-state index is 13.1. The van der Waals surface area contributed by atoms with Crippen molar-refractivity contribution < 1.29 is 80.2 Å². The van der Waals surface area contributed by atoms with Gasteiger partial charge in [-0.15, -0.1) is 0 Å². The van der Waals surface area contributed by atoms with E-state index >= 15 is 0 Å². The van der Waals surface area contributed by atoms with Crippen LogP contribution in [-0.4, -0.2) is 96.7 Å². The molecule has 0 rings (SSSR count). The van der Waals surface area contributed by atoms with Crippen molar-refractivity contribution >= 4 is 39.5 Å². The zero-order valence-corrected chi connectivity index (χ0v) is 70.6. The molecule has 0 aliphatic heterocycles. The Morgan fingerprint density at radius 2 is 0.481 bits per heavy atom. The minimum absolute atomic E-state index is 0.0912. The number of hydrogen-bond donors (Lipinski definition) is 3. The highest BCUT2D eigenvalue weighted by molar-refractivity contribution is 7.47. The largest absolute Gasteiger partial charge is 0.472 e. The summed E-state index contributed by atoms with van der Waals surface area (Å²) in [6.07, 6.45) is 87.9. The van der Waals surface area contributed by atoms with Gasteiger partial charge in [-0.3, -0.25) is 37.3 Å². The second-order valence-electron chi connectivity index (χ2n) is 29.1. The standard InChI is InChI=1S/C89H158O17P2/c1-5-9-13-17-21-25-29-33-37-39-41-43-47-49-53-57-61-65-69-73-86(91)99-79-84(105-88(93)75-71-67-63-59-55-51-45-35-31-27-23-19-15-11-7-3)81-103-107(95,96)101-77-83(90)78-102-108(97,98)104-82-85(106-89(94)76-72-68-64-60-56-52-46-36-32-28-24-20-16-12-8-4)80-100-87(92)74-70-66-62-58-54-50-48-44-42-40-38-34-30-26-22-18-14-10-6-2/h9,13,21-22,25-26,33-34,37-38,41-44,49,53,83-85,90H,5-8,10-12,14-20,23-24,27-32,35-36,39-40,45-48,50-52,54-82H2,1-4H3,(H,95,96)(H,97,98)/b13-9-,25-21-,26-22-,37-33-,38-34-,43-41-,44-42-,53-49-. The highest BCUT2D eigenvalue weighted by Crippen LogP contribution is 2.45. The van der Waals surface area contributed by atoms with Gasteiger partial charge in [-0.1, -0.05) is 350 Å². The molecule has 0 saturated heterocycles. The van der Waals surface area contributed by atoms with Gasteiger partial charge in [-0.25, -0.2) is 9.13 Å². The lowest BCUT2D eigenvalue weighted by Crippen LogP contribution is -2.30. The van der Waals surface area contributed by atoms with E-state index in [0.717, 1.165) is 161 Å². The number of ether oxygens (including phenoxy) is 4. The molecule has 0 aliphatic rings. The summed E-state index contributed by atoms with van der Waals surface area (Å²) >= 11 is 0. The van der Waals surface area contributed by atoms with Crippen molar-refractivity contribution in [1.29, 1.82) is 0 Å². The summed E-state index contributed by atoms with van der Waals surface area (Å²) in [5, 5.41) is 10.7. The van der Waals surface area contributed by atoms with Crippen molar-refractivity contribution in [2.45, 2.75) is 406 Å². The van der Waals surface area contributed by atoms with E-state index in [4.69, 9.17) is 37.0 Å². The quantitative estimate of drug-likeness (QED) is 0.0169. The number of esters is 4. The molecule has 0 aromatic carbocycles. The van der Waals surface area contributed by atoms with Crippen LogP contribution in [0.5, 0.6) is 0 Å². The van der Waals surface area contributed by atoms with Gasteiger partial charge in [0.15, 0.2) is 12.2 Å². The first-order valence-corrected chi connectivity index (χ1v) is 46.5. The first-order chi connectivity index (χ1) is 52.7. The van der Waals surface area contributed by atoms with Crippen molar-refractivity contribution in [3.05, 3.63) is 97.2 Å². The second kappa shape index (κ2) is 81.0. The second-order valence-corrected chi connectivity index (χ2v) is 32.0. The van der Waals surface area contributed by atoms with Crippen molar-refractivity contribution in [2.75, 3.05) is 39.6 Å². The fraction of sp³-hybridized carbons (Fsp3) is 0.775. The molecule has 0 aliphatic carbocycles. The van der Waals surface area contributed by atoms with E-state index in [1.54, 1.807) is 0 Å². The van der Waals surface area contributed by atoms with E-state index in [9.17, 15) is 43.2 Å². The molecule has 5 unspecified atom stereocenters. The van der Waals surface area contributed by atoms with Crippen LogP contribution in [0.15, 0.2) is 97.2 Å². The number of unbranched alkanes of at least 4 members (excludes halogenated alkanes) is 40. The van der Waals surface area contributed by atoms with Crippen LogP contribution in [0.2, 0.25) is 0 Å². The minimum Gasteiger partial charge on any atom is -0.462 e. The number of aliphatic hydroxyl groups is 1. The number of carbonyl (C=O) groups excluding carboxylic acids is 4. The van der Waals surface area contributed by atoms with Gasteiger partial charge in [0, 0.05) is 25.7 Å². The van der Waals surface area contributed by atoms with Crippen LogP contribution in [0.25, 0.3) is 0 Å². The zero-order chi connectivity index (χ0) is 78.9. The summed E-state index contributed by atoms with van der Waals surface area (Å²) in [7, 11) is -9.97. The third-order valence-electron chi connectivity index (χ3n) is 18.6. The Bertz CT molecular complexity index is 2420. The third-order valence-corrected chi connectivity index (χ3v) is 20.5. The minimum atomic E-state index is -4.99. The van der Waals surface area contributed by atoms with E-state index in [-0.39, 0.29) is 25.7 Å². The van der Waals surface area contributed by atoms with Gasteiger partial charge in [0.2, 0.25) is 0 Å². The molecule has 626 valence electrons. The summed E-state index contributed by atoms with van der Waals surface area (Å²) in [4.78, 5) is 73.3. The lowest BCUT2D eigenvalue weighted by molar-refractivity contribution is -0.161. The molecular formula is C89H158O17P2. The van der Waals surface area contributed by atoms with Gasteiger partial charge in [0.1, 0.15) is 19.3 Å². The number of hydrogen-bond acceptors (Lipinski definition) is 15. The van der Waals surface area contributed by atoms with Crippen LogP contribution >= 0.6 is 15.6 Å². The van der Waals surface area contributed by atoms with Crippen molar-refractivity contribution in [3.63, 3.8) is 0 Å². The molecule has 3 N–H and O–H groups in total. The first-order valence-electron chi connectivity index (χ1n) is 43.5. The molecule has 0 heterocycles. The molecule has 17 nitrogen and oxygen atoms in total. The molecule has 0 spiro atoms. The van der Waals surface area contributed by atoms with Crippen LogP contribution in [-0.2, 0) is 65.4 Å². The maximum atomic E-state index is 13.1. The Kier molecular flexibility index (Phi) is 78.0. The normalized spacial score (nSPS) is 14.2. The molecule has 0 fully saturated rings. The van der Waals surface area contributed by atoms with E-state index in [2.05, 4.69) is 125 Å². The summed E-state index contributed by atoms with van der Waals surface area (Å²) in [5.74, 6) is -2.19. The van der Waals surface area contributed by atoms with Crippen LogP contribution in [0.3, 0.4) is 0 Å². The summed E-state index contributed by atoms with van der Waals surface area (Å²) in [6, 6.07) is 0. The molecule has 0 saturated carbocycles.